The minimum atomic E-state index is -0.472. The summed E-state index contributed by atoms with van der Waals surface area (Å²) in [5.74, 6) is 0.219. The number of primary amides is 1. The smallest absolute Gasteiger partial charge is 0.255 e. The molecule has 0 unspecified atom stereocenters. The van der Waals surface area contributed by atoms with Gasteiger partial charge in [0.05, 0.1) is 0 Å². The fourth-order valence-electron chi connectivity index (χ4n) is 1.38. The van der Waals surface area contributed by atoms with Gasteiger partial charge < -0.3 is 15.8 Å². The van der Waals surface area contributed by atoms with Crippen LogP contribution in [0.1, 0.15) is 18.9 Å². The first kappa shape index (κ1) is 14.0. The summed E-state index contributed by atoms with van der Waals surface area (Å²) in [6.45, 7) is 3.67. The van der Waals surface area contributed by atoms with Gasteiger partial charge in [-0.05, 0) is 31.2 Å². The van der Waals surface area contributed by atoms with E-state index in [4.69, 9.17) is 10.5 Å². The second kappa shape index (κ2) is 7.29. The molecule has 17 heavy (non-hydrogen) atoms. The third-order valence-electron chi connectivity index (χ3n) is 2.13. The van der Waals surface area contributed by atoms with E-state index in [1.54, 1.807) is 0 Å². The Morgan fingerprint density at radius 3 is 2.94 bits per heavy atom. The molecular weight excluding hydrogens is 284 g/mol. The Balaban J connectivity index is 2.69. The molecule has 0 aliphatic rings. The Morgan fingerprint density at radius 2 is 2.29 bits per heavy atom. The number of amides is 1. The molecule has 1 rings (SSSR count). The molecule has 0 radical (unpaired) electrons. The number of hydrogen-bond acceptors (Lipinski definition) is 3. The van der Waals surface area contributed by atoms with Crippen molar-refractivity contribution in [2.45, 2.75) is 19.9 Å². The molecule has 0 spiro atoms. The molecule has 0 aliphatic heterocycles. The van der Waals surface area contributed by atoms with Crippen molar-refractivity contribution in [1.82, 2.24) is 5.32 Å². The summed E-state index contributed by atoms with van der Waals surface area (Å²) in [4.78, 5) is 10.7. The second-order valence-corrected chi connectivity index (χ2v) is 4.60. The Labute approximate surface area is 110 Å². The topological polar surface area (TPSA) is 64.3 Å². The molecule has 1 aromatic carbocycles. The Hall–Kier alpha value is -1.07. The first-order valence-corrected chi connectivity index (χ1v) is 6.33. The van der Waals surface area contributed by atoms with Gasteiger partial charge in [0.15, 0.2) is 6.61 Å². The van der Waals surface area contributed by atoms with Crippen molar-refractivity contribution in [1.29, 1.82) is 0 Å². The number of halogens is 1. The number of nitrogens with two attached hydrogens (primary N) is 1. The van der Waals surface area contributed by atoms with Gasteiger partial charge in [0.1, 0.15) is 5.75 Å². The largest absolute Gasteiger partial charge is 0.483 e. The molecule has 94 valence electrons. The molecule has 1 aromatic rings. The summed E-state index contributed by atoms with van der Waals surface area (Å²) in [6.07, 6.45) is 1.07. The van der Waals surface area contributed by atoms with Crippen LogP contribution in [0.2, 0.25) is 0 Å². The third-order valence-corrected chi connectivity index (χ3v) is 2.63. The molecule has 0 aliphatic carbocycles. The van der Waals surface area contributed by atoms with Crippen LogP contribution in [0, 0.1) is 0 Å². The maximum absolute atomic E-state index is 10.7. The quantitative estimate of drug-likeness (QED) is 0.755. The van der Waals surface area contributed by atoms with Crippen molar-refractivity contribution in [3.63, 3.8) is 0 Å². The van der Waals surface area contributed by atoms with E-state index in [9.17, 15) is 4.79 Å². The molecule has 0 atom stereocenters. The van der Waals surface area contributed by atoms with E-state index in [-0.39, 0.29) is 6.61 Å². The molecule has 0 heterocycles. The number of rotatable bonds is 7. The molecule has 1 amide bonds. The van der Waals surface area contributed by atoms with Crippen LogP contribution in [0.3, 0.4) is 0 Å². The van der Waals surface area contributed by atoms with Crippen LogP contribution in [0.4, 0.5) is 0 Å². The zero-order valence-electron chi connectivity index (χ0n) is 9.83. The van der Waals surface area contributed by atoms with Gasteiger partial charge >= 0.3 is 0 Å². The van der Waals surface area contributed by atoms with E-state index in [1.165, 1.54) is 0 Å². The van der Waals surface area contributed by atoms with Gasteiger partial charge in [-0.3, -0.25) is 4.79 Å². The number of ether oxygens (including phenoxy) is 1. The predicted molar refractivity (Wildman–Crippen MR) is 70.8 cm³/mol. The molecule has 0 bridgehead atoms. The number of carbonyl (C=O) groups is 1. The SMILES string of the molecule is CCCNCc1cc(Br)ccc1OCC(N)=O. The predicted octanol–water partition coefficient (Wildman–Crippen LogP) is 1.81. The summed E-state index contributed by atoms with van der Waals surface area (Å²) < 4.78 is 6.33. The normalized spacial score (nSPS) is 10.2. The number of nitrogens with one attached hydrogen (secondary N) is 1. The Bertz CT molecular complexity index is 383. The molecule has 5 heteroatoms. The van der Waals surface area contributed by atoms with E-state index in [2.05, 4.69) is 28.2 Å². The van der Waals surface area contributed by atoms with Gasteiger partial charge in [0.25, 0.3) is 5.91 Å². The van der Waals surface area contributed by atoms with Crippen LogP contribution in [0.25, 0.3) is 0 Å². The lowest BCUT2D eigenvalue weighted by molar-refractivity contribution is -0.119. The zero-order chi connectivity index (χ0) is 12.7. The molecule has 4 nitrogen and oxygen atoms in total. The minimum Gasteiger partial charge on any atom is -0.483 e. The van der Waals surface area contributed by atoms with Crippen molar-refractivity contribution >= 4 is 21.8 Å². The van der Waals surface area contributed by atoms with Crippen molar-refractivity contribution < 1.29 is 9.53 Å². The van der Waals surface area contributed by atoms with Crippen molar-refractivity contribution in [3.8, 4) is 5.75 Å². The average Bonchev–Trinajstić information content (AvgIpc) is 2.28. The molecule has 0 saturated heterocycles. The zero-order valence-corrected chi connectivity index (χ0v) is 11.4. The lowest BCUT2D eigenvalue weighted by Gasteiger charge is -2.11. The van der Waals surface area contributed by atoms with Crippen LogP contribution < -0.4 is 15.8 Å². The number of carbonyl (C=O) groups excluding carboxylic acids is 1. The van der Waals surface area contributed by atoms with E-state index < -0.39 is 5.91 Å². The Morgan fingerprint density at radius 1 is 1.53 bits per heavy atom. The van der Waals surface area contributed by atoms with Gasteiger partial charge in [-0.25, -0.2) is 0 Å². The summed E-state index contributed by atoms with van der Waals surface area (Å²) >= 11 is 3.41. The molecular formula is C12H17BrN2O2. The lowest BCUT2D eigenvalue weighted by Crippen LogP contribution is -2.21. The summed E-state index contributed by atoms with van der Waals surface area (Å²) in [5, 5.41) is 3.29. The maximum atomic E-state index is 10.7. The first-order chi connectivity index (χ1) is 8.13. The third kappa shape index (κ3) is 5.19. The minimum absolute atomic E-state index is 0.0948. The van der Waals surface area contributed by atoms with Crippen LogP contribution in [-0.2, 0) is 11.3 Å². The van der Waals surface area contributed by atoms with Crippen LogP contribution >= 0.6 is 15.9 Å². The summed E-state index contributed by atoms with van der Waals surface area (Å²) in [5.41, 5.74) is 6.06. The van der Waals surface area contributed by atoms with Crippen molar-refractivity contribution in [2.75, 3.05) is 13.2 Å². The average molecular weight is 301 g/mol. The highest BCUT2D eigenvalue weighted by atomic mass is 79.9. The number of hydrogen-bond donors (Lipinski definition) is 2. The highest BCUT2D eigenvalue weighted by Gasteiger charge is 2.05. The maximum Gasteiger partial charge on any atom is 0.255 e. The van der Waals surface area contributed by atoms with Crippen molar-refractivity contribution in [3.05, 3.63) is 28.2 Å². The van der Waals surface area contributed by atoms with Gasteiger partial charge in [0, 0.05) is 16.6 Å². The highest BCUT2D eigenvalue weighted by molar-refractivity contribution is 9.10. The fraction of sp³-hybridized carbons (Fsp3) is 0.417. The lowest BCUT2D eigenvalue weighted by atomic mass is 10.2. The first-order valence-electron chi connectivity index (χ1n) is 5.53. The van der Waals surface area contributed by atoms with E-state index in [1.807, 2.05) is 18.2 Å². The molecule has 0 fully saturated rings. The van der Waals surface area contributed by atoms with Gasteiger partial charge in [-0.15, -0.1) is 0 Å². The number of benzene rings is 1. The van der Waals surface area contributed by atoms with Crippen LogP contribution in [0.5, 0.6) is 5.75 Å². The standard InChI is InChI=1S/C12H17BrN2O2/c1-2-5-15-7-9-6-10(13)3-4-11(9)17-8-12(14)16/h3-4,6,15H,2,5,7-8H2,1H3,(H2,14,16). The monoisotopic (exact) mass is 300 g/mol. The highest BCUT2D eigenvalue weighted by Crippen LogP contribution is 2.23. The molecule has 3 N–H and O–H groups in total. The molecule has 0 saturated carbocycles. The van der Waals surface area contributed by atoms with E-state index >= 15 is 0 Å². The van der Waals surface area contributed by atoms with Crippen LogP contribution in [-0.4, -0.2) is 19.1 Å². The van der Waals surface area contributed by atoms with Gasteiger partial charge in [-0.1, -0.05) is 22.9 Å². The second-order valence-electron chi connectivity index (χ2n) is 3.68. The summed E-state index contributed by atoms with van der Waals surface area (Å²) in [6, 6.07) is 5.68. The van der Waals surface area contributed by atoms with E-state index in [0.29, 0.717) is 12.3 Å². The fourth-order valence-corrected chi connectivity index (χ4v) is 1.78. The van der Waals surface area contributed by atoms with Crippen LogP contribution in [0.15, 0.2) is 22.7 Å². The van der Waals surface area contributed by atoms with Gasteiger partial charge in [0.2, 0.25) is 0 Å². The Kier molecular flexibility index (Phi) is 6.00. The molecule has 0 aromatic heterocycles. The van der Waals surface area contributed by atoms with Gasteiger partial charge in [-0.2, -0.15) is 0 Å². The summed E-state index contributed by atoms with van der Waals surface area (Å²) in [7, 11) is 0. The van der Waals surface area contributed by atoms with Crippen molar-refractivity contribution in [2.24, 2.45) is 5.73 Å². The van der Waals surface area contributed by atoms with E-state index in [0.717, 1.165) is 23.0 Å².